The lowest BCUT2D eigenvalue weighted by molar-refractivity contribution is -0.116. The van der Waals surface area contributed by atoms with E-state index in [1.165, 1.54) is 0 Å². The van der Waals surface area contributed by atoms with Crippen LogP contribution < -0.4 is 11.1 Å². The van der Waals surface area contributed by atoms with Gasteiger partial charge in [-0.3, -0.25) is 4.79 Å². The molecule has 4 heteroatoms. The second-order valence-corrected chi connectivity index (χ2v) is 5.06. The Kier molecular flexibility index (Phi) is 5.76. The largest absolute Gasteiger partial charge is 0.327 e. The summed E-state index contributed by atoms with van der Waals surface area (Å²) in [5, 5.41) is 2.85. The molecule has 0 saturated heterocycles. The molecule has 3 N–H and O–H groups in total. The van der Waals surface area contributed by atoms with Gasteiger partial charge in [0.05, 0.1) is 0 Å². The molecule has 1 amide bonds. The number of anilines is 1. The van der Waals surface area contributed by atoms with Gasteiger partial charge in [0.25, 0.3) is 0 Å². The normalized spacial score (nSPS) is 12.2. The van der Waals surface area contributed by atoms with Crippen LogP contribution in [0.15, 0.2) is 24.3 Å². The summed E-state index contributed by atoms with van der Waals surface area (Å²) in [6.07, 6.45) is 2.29. The summed E-state index contributed by atoms with van der Waals surface area (Å²) in [5.74, 6) is -0.0112. The van der Waals surface area contributed by atoms with Crippen molar-refractivity contribution in [3.8, 4) is 0 Å². The van der Waals surface area contributed by atoms with E-state index in [2.05, 4.69) is 34.8 Å². The molecule has 0 aliphatic rings. The Morgan fingerprint density at radius 2 is 2.31 bits per heavy atom. The monoisotopic (exact) mass is 332 g/mol. The van der Waals surface area contributed by atoms with Gasteiger partial charge in [-0.2, -0.15) is 0 Å². The molecule has 16 heavy (non-hydrogen) atoms. The van der Waals surface area contributed by atoms with E-state index in [1.54, 1.807) is 0 Å². The maximum Gasteiger partial charge on any atom is 0.225 e. The zero-order valence-corrected chi connectivity index (χ0v) is 11.5. The summed E-state index contributed by atoms with van der Waals surface area (Å²) in [5.41, 5.74) is 6.64. The Bertz CT molecular complexity index is 355. The lowest BCUT2D eigenvalue weighted by Gasteiger charge is -2.10. The summed E-state index contributed by atoms with van der Waals surface area (Å²) < 4.78 is 1.10. The summed E-state index contributed by atoms with van der Waals surface area (Å²) in [6, 6.07) is 7.69. The zero-order chi connectivity index (χ0) is 12.0. The van der Waals surface area contributed by atoms with Gasteiger partial charge in [-0.15, -0.1) is 0 Å². The highest BCUT2D eigenvalue weighted by Crippen LogP contribution is 2.13. The zero-order valence-electron chi connectivity index (χ0n) is 9.37. The van der Waals surface area contributed by atoms with Crippen LogP contribution in [0, 0.1) is 3.57 Å². The summed E-state index contributed by atoms with van der Waals surface area (Å²) in [6.45, 7) is 2.07. The van der Waals surface area contributed by atoms with Crippen LogP contribution in [0.25, 0.3) is 0 Å². The Morgan fingerprint density at radius 1 is 1.56 bits per heavy atom. The van der Waals surface area contributed by atoms with E-state index in [-0.39, 0.29) is 11.9 Å². The fourth-order valence-electron chi connectivity index (χ4n) is 1.49. The van der Waals surface area contributed by atoms with Crippen LogP contribution in [0.2, 0.25) is 0 Å². The first-order valence-corrected chi connectivity index (χ1v) is 6.50. The molecule has 0 saturated carbocycles. The molecule has 3 nitrogen and oxygen atoms in total. The van der Waals surface area contributed by atoms with E-state index in [0.717, 1.165) is 22.1 Å². The van der Waals surface area contributed by atoms with Crippen molar-refractivity contribution in [3.63, 3.8) is 0 Å². The molecule has 0 bridgehead atoms. The van der Waals surface area contributed by atoms with Crippen LogP contribution in [0.3, 0.4) is 0 Å². The lowest BCUT2D eigenvalue weighted by atomic mass is 10.1. The molecule has 0 aliphatic carbocycles. The van der Waals surface area contributed by atoms with Crippen molar-refractivity contribution in [1.82, 2.24) is 0 Å². The van der Waals surface area contributed by atoms with Crippen molar-refractivity contribution < 1.29 is 4.79 Å². The minimum absolute atomic E-state index is 0.0112. The van der Waals surface area contributed by atoms with Crippen molar-refractivity contribution in [1.29, 1.82) is 0 Å². The minimum atomic E-state index is -0.0345. The highest BCUT2D eigenvalue weighted by Gasteiger charge is 2.08. The standard InChI is InChI=1S/C12H17IN2O/c1-2-4-10(14)8-12(16)15-11-6-3-5-9(13)7-11/h3,5-7,10H,2,4,8,14H2,1H3,(H,15,16). The molecule has 1 atom stereocenters. The van der Waals surface area contributed by atoms with Gasteiger partial charge in [-0.25, -0.2) is 0 Å². The molecule has 0 aromatic heterocycles. The molecule has 1 unspecified atom stereocenters. The fourth-order valence-corrected chi connectivity index (χ4v) is 2.03. The number of benzene rings is 1. The molecule has 0 aliphatic heterocycles. The third kappa shape index (κ3) is 4.94. The van der Waals surface area contributed by atoms with E-state index >= 15 is 0 Å². The van der Waals surface area contributed by atoms with E-state index in [4.69, 9.17) is 5.73 Å². The van der Waals surface area contributed by atoms with Gasteiger partial charge in [0.1, 0.15) is 0 Å². The van der Waals surface area contributed by atoms with E-state index in [0.29, 0.717) is 6.42 Å². The molecule has 0 heterocycles. The predicted octanol–water partition coefficient (Wildman–Crippen LogP) is 2.75. The van der Waals surface area contributed by atoms with Crippen LogP contribution in [0.1, 0.15) is 26.2 Å². The molecule has 1 aromatic carbocycles. The van der Waals surface area contributed by atoms with Crippen molar-refractivity contribution >= 4 is 34.2 Å². The van der Waals surface area contributed by atoms with Crippen molar-refractivity contribution in [3.05, 3.63) is 27.8 Å². The second-order valence-electron chi connectivity index (χ2n) is 3.81. The molecule has 0 radical (unpaired) electrons. The molecule has 1 rings (SSSR count). The van der Waals surface area contributed by atoms with E-state index < -0.39 is 0 Å². The number of halogens is 1. The van der Waals surface area contributed by atoms with Crippen molar-refractivity contribution in [2.45, 2.75) is 32.2 Å². The van der Waals surface area contributed by atoms with Crippen LogP contribution in [0.4, 0.5) is 5.69 Å². The Hall–Kier alpha value is -0.620. The second kappa shape index (κ2) is 6.85. The smallest absolute Gasteiger partial charge is 0.225 e. The average molecular weight is 332 g/mol. The first kappa shape index (κ1) is 13.4. The first-order valence-electron chi connectivity index (χ1n) is 5.42. The van der Waals surface area contributed by atoms with Crippen LogP contribution in [-0.2, 0) is 4.79 Å². The highest BCUT2D eigenvalue weighted by molar-refractivity contribution is 14.1. The molecular weight excluding hydrogens is 315 g/mol. The molecule has 0 fully saturated rings. The van der Waals surface area contributed by atoms with Crippen LogP contribution in [0.5, 0.6) is 0 Å². The number of amides is 1. The van der Waals surface area contributed by atoms with Gasteiger partial charge in [-0.1, -0.05) is 19.4 Å². The summed E-state index contributed by atoms with van der Waals surface area (Å²) in [7, 11) is 0. The van der Waals surface area contributed by atoms with Gasteiger partial charge in [0, 0.05) is 21.7 Å². The maximum atomic E-state index is 11.6. The fraction of sp³-hybridized carbons (Fsp3) is 0.417. The topological polar surface area (TPSA) is 55.1 Å². The Morgan fingerprint density at radius 3 is 2.94 bits per heavy atom. The maximum absolute atomic E-state index is 11.6. The number of nitrogens with one attached hydrogen (secondary N) is 1. The highest BCUT2D eigenvalue weighted by atomic mass is 127. The number of hydrogen-bond donors (Lipinski definition) is 2. The third-order valence-electron chi connectivity index (χ3n) is 2.22. The Labute approximate surface area is 110 Å². The predicted molar refractivity (Wildman–Crippen MR) is 75.3 cm³/mol. The number of rotatable bonds is 5. The Balaban J connectivity index is 2.45. The number of carbonyl (C=O) groups is 1. The first-order chi connectivity index (χ1) is 7.61. The lowest BCUT2D eigenvalue weighted by Crippen LogP contribution is -2.26. The van der Waals surface area contributed by atoms with Gasteiger partial charge < -0.3 is 11.1 Å². The molecule has 0 spiro atoms. The molecular formula is C12H17IN2O. The third-order valence-corrected chi connectivity index (χ3v) is 2.89. The quantitative estimate of drug-likeness (QED) is 0.815. The van der Waals surface area contributed by atoms with Gasteiger partial charge in [0.2, 0.25) is 5.91 Å². The van der Waals surface area contributed by atoms with Crippen LogP contribution in [-0.4, -0.2) is 11.9 Å². The number of hydrogen-bond acceptors (Lipinski definition) is 2. The van der Waals surface area contributed by atoms with Gasteiger partial charge in [-0.05, 0) is 47.2 Å². The van der Waals surface area contributed by atoms with E-state index in [9.17, 15) is 4.79 Å². The summed E-state index contributed by atoms with van der Waals surface area (Å²) >= 11 is 2.22. The number of nitrogens with two attached hydrogens (primary N) is 1. The average Bonchev–Trinajstić information content (AvgIpc) is 2.17. The summed E-state index contributed by atoms with van der Waals surface area (Å²) in [4.78, 5) is 11.6. The van der Waals surface area contributed by atoms with Gasteiger partial charge in [0.15, 0.2) is 0 Å². The van der Waals surface area contributed by atoms with Gasteiger partial charge >= 0.3 is 0 Å². The molecule has 88 valence electrons. The SMILES string of the molecule is CCCC(N)CC(=O)Nc1cccc(I)c1. The molecule has 1 aromatic rings. The van der Waals surface area contributed by atoms with Crippen molar-refractivity contribution in [2.24, 2.45) is 5.73 Å². The van der Waals surface area contributed by atoms with E-state index in [1.807, 2.05) is 24.3 Å². The van der Waals surface area contributed by atoms with Crippen LogP contribution >= 0.6 is 22.6 Å². The minimum Gasteiger partial charge on any atom is -0.327 e. The number of carbonyl (C=O) groups excluding carboxylic acids is 1. The van der Waals surface area contributed by atoms with Crippen molar-refractivity contribution in [2.75, 3.05) is 5.32 Å².